The number of hydrogen-bond acceptors (Lipinski definition) is 5. The first-order valence-electron chi connectivity index (χ1n) is 4.98. The molecule has 1 heterocycles. The number of hydrogen-bond donors (Lipinski definition) is 1. The Labute approximate surface area is 96.9 Å². The second-order valence-electron chi connectivity index (χ2n) is 3.33. The van der Waals surface area contributed by atoms with Gasteiger partial charge in [-0.2, -0.15) is 10.2 Å². The normalized spacial score (nSPS) is 9.88. The molecule has 0 aliphatic heterocycles. The van der Waals surface area contributed by atoms with Gasteiger partial charge in [-0.05, 0) is 18.2 Å². The summed E-state index contributed by atoms with van der Waals surface area (Å²) in [7, 11) is 0. The van der Waals surface area contributed by atoms with Gasteiger partial charge in [0.05, 0.1) is 5.56 Å². The lowest BCUT2D eigenvalue weighted by atomic mass is 10.2. The van der Waals surface area contributed by atoms with Crippen molar-refractivity contribution < 1.29 is 8.91 Å². The van der Waals surface area contributed by atoms with E-state index in [9.17, 15) is 4.39 Å². The summed E-state index contributed by atoms with van der Waals surface area (Å²) in [4.78, 5) is 3.86. The lowest BCUT2D eigenvalue weighted by molar-refractivity contribution is 0.410. The van der Waals surface area contributed by atoms with Gasteiger partial charge in [0, 0.05) is 18.7 Å². The van der Waals surface area contributed by atoms with Crippen LogP contribution in [0.1, 0.15) is 11.4 Å². The largest absolute Gasteiger partial charge is 0.385 e. The Balaban J connectivity index is 1.91. The number of anilines is 1. The van der Waals surface area contributed by atoms with Gasteiger partial charge in [-0.1, -0.05) is 5.16 Å². The van der Waals surface area contributed by atoms with Crippen molar-refractivity contribution >= 4 is 5.69 Å². The van der Waals surface area contributed by atoms with Crippen molar-refractivity contribution in [1.29, 1.82) is 5.26 Å². The predicted octanol–water partition coefficient (Wildman–Crippen LogP) is 1.73. The Bertz CT molecular complexity index is 533. The molecule has 0 spiro atoms. The predicted molar refractivity (Wildman–Crippen MR) is 57.6 cm³/mol. The molecule has 0 unspecified atom stereocenters. The van der Waals surface area contributed by atoms with Crippen molar-refractivity contribution in [2.75, 3.05) is 11.9 Å². The van der Waals surface area contributed by atoms with Gasteiger partial charge >= 0.3 is 0 Å². The van der Waals surface area contributed by atoms with E-state index < -0.39 is 5.82 Å². The van der Waals surface area contributed by atoms with Gasteiger partial charge < -0.3 is 9.84 Å². The van der Waals surface area contributed by atoms with Gasteiger partial charge in [-0.15, -0.1) is 0 Å². The van der Waals surface area contributed by atoms with Crippen LogP contribution in [0.3, 0.4) is 0 Å². The van der Waals surface area contributed by atoms with Gasteiger partial charge in [0.15, 0.2) is 5.82 Å². The number of nitriles is 1. The van der Waals surface area contributed by atoms with E-state index in [1.165, 1.54) is 18.5 Å². The molecular formula is C11H9FN4O. The van der Waals surface area contributed by atoms with Crippen molar-refractivity contribution in [2.24, 2.45) is 0 Å². The molecule has 0 aliphatic carbocycles. The second-order valence-corrected chi connectivity index (χ2v) is 3.33. The van der Waals surface area contributed by atoms with Crippen molar-refractivity contribution in [3.8, 4) is 6.07 Å². The fourth-order valence-electron chi connectivity index (χ4n) is 1.34. The van der Waals surface area contributed by atoms with Gasteiger partial charge in [-0.3, -0.25) is 0 Å². The van der Waals surface area contributed by atoms with Gasteiger partial charge in [-0.25, -0.2) is 4.39 Å². The molecule has 5 nitrogen and oxygen atoms in total. The Morgan fingerprint density at radius 1 is 1.47 bits per heavy atom. The van der Waals surface area contributed by atoms with E-state index in [-0.39, 0.29) is 5.56 Å². The summed E-state index contributed by atoms with van der Waals surface area (Å²) in [5.74, 6) is 0.0590. The standard InChI is InChI=1S/C11H9FN4O/c12-10-5-9(2-1-8(10)6-13)14-4-3-11-15-7-17-16-11/h1-2,5,7,14H,3-4H2. The highest BCUT2D eigenvalue weighted by molar-refractivity contribution is 5.48. The number of nitrogens with zero attached hydrogens (tertiary/aromatic N) is 3. The third kappa shape index (κ3) is 2.78. The molecule has 0 bridgehead atoms. The third-order valence-corrected chi connectivity index (χ3v) is 2.17. The topological polar surface area (TPSA) is 74.7 Å². The maximum absolute atomic E-state index is 13.2. The summed E-state index contributed by atoms with van der Waals surface area (Å²) in [5.41, 5.74) is 0.652. The minimum Gasteiger partial charge on any atom is -0.385 e. The zero-order valence-electron chi connectivity index (χ0n) is 8.85. The third-order valence-electron chi connectivity index (χ3n) is 2.17. The van der Waals surface area contributed by atoms with Crippen LogP contribution in [0.25, 0.3) is 0 Å². The van der Waals surface area contributed by atoms with Crippen LogP contribution in [-0.2, 0) is 6.42 Å². The molecule has 86 valence electrons. The molecule has 1 N–H and O–H groups in total. The Morgan fingerprint density at radius 2 is 2.35 bits per heavy atom. The Morgan fingerprint density at radius 3 is 3.00 bits per heavy atom. The van der Waals surface area contributed by atoms with Crippen molar-refractivity contribution in [3.63, 3.8) is 0 Å². The average molecular weight is 232 g/mol. The van der Waals surface area contributed by atoms with Gasteiger partial charge in [0.2, 0.25) is 6.39 Å². The van der Waals surface area contributed by atoms with E-state index in [0.29, 0.717) is 24.5 Å². The highest BCUT2D eigenvalue weighted by Gasteiger charge is 2.03. The maximum atomic E-state index is 13.2. The van der Waals surface area contributed by atoms with Crippen LogP contribution in [-0.4, -0.2) is 16.7 Å². The van der Waals surface area contributed by atoms with Gasteiger partial charge in [0.25, 0.3) is 0 Å². The summed E-state index contributed by atoms with van der Waals surface area (Å²) in [5, 5.41) is 15.2. The van der Waals surface area contributed by atoms with Crippen LogP contribution in [0.5, 0.6) is 0 Å². The molecule has 0 amide bonds. The zero-order valence-corrected chi connectivity index (χ0v) is 8.85. The van der Waals surface area contributed by atoms with Crippen LogP contribution < -0.4 is 5.32 Å². The van der Waals surface area contributed by atoms with E-state index in [4.69, 9.17) is 5.26 Å². The molecular weight excluding hydrogens is 223 g/mol. The van der Waals surface area contributed by atoms with Crippen molar-refractivity contribution in [3.05, 3.63) is 41.8 Å². The molecule has 2 rings (SSSR count). The molecule has 0 saturated heterocycles. The minimum atomic E-state index is -0.530. The molecule has 2 aromatic rings. The fourth-order valence-corrected chi connectivity index (χ4v) is 1.34. The molecule has 6 heteroatoms. The molecule has 0 atom stereocenters. The molecule has 0 radical (unpaired) electrons. The molecule has 0 aliphatic rings. The van der Waals surface area contributed by atoms with E-state index >= 15 is 0 Å². The highest BCUT2D eigenvalue weighted by Crippen LogP contribution is 2.13. The Kier molecular flexibility index (Phi) is 3.31. The average Bonchev–Trinajstić information content (AvgIpc) is 2.82. The van der Waals surface area contributed by atoms with E-state index in [0.717, 1.165) is 0 Å². The SMILES string of the molecule is N#Cc1ccc(NCCc2ncon2)cc1F. The van der Waals surface area contributed by atoms with Crippen LogP contribution in [0, 0.1) is 17.1 Å². The maximum Gasteiger partial charge on any atom is 0.213 e. The number of halogens is 1. The summed E-state index contributed by atoms with van der Waals surface area (Å²) < 4.78 is 17.8. The first kappa shape index (κ1) is 11.1. The smallest absolute Gasteiger partial charge is 0.213 e. The van der Waals surface area contributed by atoms with Crippen molar-refractivity contribution in [2.45, 2.75) is 6.42 Å². The monoisotopic (exact) mass is 232 g/mol. The lowest BCUT2D eigenvalue weighted by Crippen LogP contribution is -2.06. The quantitative estimate of drug-likeness (QED) is 0.868. The van der Waals surface area contributed by atoms with Crippen LogP contribution >= 0.6 is 0 Å². The second kappa shape index (κ2) is 5.07. The van der Waals surface area contributed by atoms with E-state index in [2.05, 4.69) is 20.0 Å². The number of aromatic nitrogens is 2. The van der Waals surface area contributed by atoms with E-state index in [1.807, 2.05) is 0 Å². The summed E-state index contributed by atoms with van der Waals surface area (Å²) in [6.07, 6.45) is 1.84. The van der Waals surface area contributed by atoms with Crippen LogP contribution in [0.4, 0.5) is 10.1 Å². The molecule has 0 fully saturated rings. The van der Waals surface area contributed by atoms with Crippen molar-refractivity contribution in [1.82, 2.24) is 10.1 Å². The highest BCUT2D eigenvalue weighted by atomic mass is 19.1. The summed E-state index contributed by atoms with van der Waals surface area (Å²) in [6, 6.07) is 6.14. The molecule has 0 saturated carbocycles. The number of nitrogens with one attached hydrogen (secondary N) is 1. The Hall–Kier alpha value is -2.42. The van der Waals surface area contributed by atoms with E-state index in [1.54, 1.807) is 12.1 Å². The minimum absolute atomic E-state index is 0.0358. The first-order chi connectivity index (χ1) is 8.29. The van der Waals surface area contributed by atoms with Crippen LogP contribution in [0.15, 0.2) is 29.1 Å². The lowest BCUT2D eigenvalue weighted by Gasteiger charge is -2.04. The number of rotatable bonds is 4. The molecule has 17 heavy (non-hydrogen) atoms. The number of benzene rings is 1. The first-order valence-corrected chi connectivity index (χ1v) is 4.98. The van der Waals surface area contributed by atoms with Crippen LogP contribution in [0.2, 0.25) is 0 Å². The zero-order chi connectivity index (χ0) is 12.1. The summed E-state index contributed by atoms with van der Waals surface area (Å²) >= 11 is 0. The summed E-state index contributed by atoms with van der Waals surface area (Å²) in [6.45, 7) is 0.560. The van der Waals surface area contributed by atoms with Gasteiger partial charge in [0.1, 0.15) is 11.9 Å². The fraction of sp³-hybridized carbons (Fsp3) is 0.182. The molecule has 1 aromatic heterocycles. The molecule has 1 aromatic carbocycles.